The first kappa shape index (κ1) is 25.8. The van der Waals surface area contributed by atoms with Gasteiger partial charge in [0.1, 0.15) is 23.7 Å². The third-order valence-corrected chi connectivity index (χ3v) is 6.65. The summed E-state index contributed by atoms with van der Waals surface area (Å²) in [7, 11) is 0. The van der Waals surface area contributed by atoms with Crippen LogP contribution in [-0.2, 0) is 19.3 Å². The maximum absolute atomic E-state index is 14.7. The van der Waals surface area contributed by atoms with Crippen LogP contribution in [0.1, 0.15) is 27.8 Å². The summed E-state index contributed by atoms with van der Waals surface area (Å²) in [5, 5.41) is 4.85. The van der Waals surface area contributed by atoms with E-state index < -0.39 is 17.6 Å². The molecule has 4 aromatic carbocycles. The van der Waals surface area contributed by atoms with Crippen molar-refractivity contribution in [2.24, 2.45) is 0 Å². The summed E-state index contributed by atoms with van der Waals surface area (Å²) in [6.07, 6.45) is -4.60. The quantitative estimate of drug-likeness (QED) is 0.202. The molecule has 0 spiro atoms. The highest BCUT2D eigenvalue weighted by atomic mass is 35.5. The molecule has 0 bridgehead atoms. The third-order valence-electron chi connectivity index (χ3n) is 6.42. The van der Waals surface area contributed by atoms with Gasteiger partial charge in [0.25, 0.3) is 0 Å². The fourth-order valence-electron chi connectivity index (χ4n) is 4.46. The second-order valence-electron chi connectivity index (χ2n) is 9.19. The third kappa shape index (κ3) is 5.24. The molecule has 0 saturated carbocycles. The molecule has 0 unspecified atom stereocenters. The Morgan fingerprint density at radius 2 is 1.68 bits per heavy atom. The maximum Gasteiger partial charge on any atom is 0.418 e. The highest BCUT2D eigenvalue weighted by Crippen LogP contribution is 2.39. The minimum atomic E-state index is -4.60. The van der Waals surface area contributed by atoms with Crippen molar-refractivity contribution in [3.05, 3.63) is 118 Å². The highest BCUT2D eigenvalue weighted by Gasteiger charge is 2.34. The van der Waals surface area contributed by atoms with Gasteiger partial charge in [0.2, 0.25) is 0 Å². The molecule has 5 aromatic rings. The zero-order chi connectivity index (χ0) is 27.0. The largest absolute Gasteiger partial charge is 0.489 e. The highest BCUT2D eigenvalue weighted by molar-refractivity contribution is 6.30. The van der Waals surface area contributed by atoms with Crippen LogP contribution in [0.5, 0.6) is 5.75 Å². The van der Waals surface area contributed by atoms with Crippen LogP contribution >= 0.6 is 11.6 Å². The van der Waals surface area contributed by atoms with Gasteiger partial charge in [-0.25, -0.2) is 4.39 Å². The molecule has 0 radical (unpaired) electrons. The molecular weight excluding hydrogens is 516 g/mol. The summed E-state index contributed by atoms with van der Waals surface area (Å²) >= 11 is 5.89. The number of alkyl halides is 3. The second-order valence-corrected chi connectivity index (χ2v) is 9.62. The monoisotopic (exact) mass is 538 g/mol. The zero-order valence-corrected chi connectivity index (χ0v) is 21.4. The van der Waals surface area contributed by atoms with E-state index >= 15 is 0 Å². The molecule has 0 aliphatic heterocycles. The summed E-state index contributed by atoms with van der Waals surface area (Å²) in [6, 6.07) is 21.4. The molecular formula is C30H23ClF4N2O. The lowest BCUT2D eigenvalue weighted by molar-refractivity contribution is -0.136. The molecule has 0 fully saturated rings. The van der Waals surface area contributed by atoms with Gasteiger partial charge in [0, 0.05) is 21.5 Å². The Morgan fingerprint density at radius 3 is 2.45 bits per heavy atom. The van der Waals surface area contributed by atoms with E-state index in [1.54, 1.807) is 30.3 Å². The molecule has 0 atom stereocenters. The standard InChI is InChI=1S/C30H23ClF4N2O/c1-18-9-10-19(2)22(13-18)17-38-24-6-3-5-20(14-24)29-25-7-4-8-26(30(33,34)35)28(25)36-37(29)16-21-11-12-23(31)15-27(21)32/h3-15H,16-17H2,1-2H3. The molecule has 0 N–H and O–H groups in total. The van der Waals surface area contributed by atoms with Gasteiger partial charge < -0.3 is 4.74 Å². The molecule has 38 heavy (non-hydrogen) atoms. The molecule has 0 aliphatic carbocycles. The first-order chi connectivity index (χ1) is 18.1. The van der Waals surface area contributed by atoms with Gasteiger partial charge >= 0.3 is 6.18 Å². The summed E-state index contributed by atoms with van der Waals surface area (Å²) in [6.45, 7) is 4.27. The molecule has 0 aliphatic rings. The van der Waals surface area contributed by atoms with Crippen molar-refractivity contribution in [1.29, 1.82) is 0 Å². The molecule has 0 amide bonds. The fraction of sp³-hybridized carbons (Fsp3) is 0.167. The molecule has 1 heterocycles. The normalized spacial score (nSPS) is 11.8. The van der Waals surface area contributed by atoms with Crippen LogP contribution in [0.2, 0.25) is 5.02 Å². The maximum atomic E-state index is 14.7. The number of halogens is 5. The van der Waals surface area contributed by atoms with Crippen LogP contribution in [-0.4, -0.2) is 9.78 Å². The van der Waals surface area contributed by atoms with Gasteiger partial charge in [-0.2, -0.15) is 18.3 Å². The number of fused-ring (bicyclic) bond motifs is 1. The summed E-state index contributed by atoms with van der Waals surface area (Å²) in [4.78, 5) is 0. The van der Waals surface area contributed by atoms with E-state index in [1.165, 1.54) is 28.9 Å². The van der Waals surface area contributed by atoms with Crippen LogP contribution in [0.15, 0.2) is 78.9 Å². The van der Waals surface area contributed by atoms with Crippen LogP contribution in [0.25, 0.3) is 22.2 Å². The van der Waals surface area contributed by atoms with E-state index in [0.717, 1.165) is 22.8 Å². The number of rotatable bonds is 6. The van der Waals surface area contributed by atoms with Crippen molar-refractivity contribution >= 4 is 22.5 Å². The van der Waals surface area contributed by atoms with Crippen LogP contribution in [0, 0.1) is 19.7 Å². The smallest absolute Gasteiger partial charge is 0.418 e. The van der Waals surface area contributed by atoms with E-state index in [9.17, 15) is 17.6 Å². The Labute approximate surface area is 222 Å². The molecule has 0 saturated heterocycles. The number of nitrogens with zero attached hydrogens (tertiary/aromatic N) is 2. The number of aromatic nitrogens is 2. The Balaban J connectivity index is 1.59. The summed E-state index contributed by atoms with van der Waals surface area (Å²) in [5.74, 6) is -0.0152. The minimum absolute atomic E-state index is 0.0854. The van der Waals surface area contributed by atoms with E-state index in [4.69, 9.17) is 16.3 Å². The van der Waals surface area contributed by atoms with E-state index in [1.807, 2.05) is 26.0 Å². The molecule has 5 rings (SSSR count). The van der Waals surface area contributed by atoms with Crippen LogP contribution < -0.4 is 4.74 Å². The average Bonchev–Trinajstić information content (AvgIpc) is 3.24. The van der Waals surface area contributed by atoms with E-state index in [2.05, 4.69) is 11.2 Å². The van der Waals surface area contributed by atoms with Gasteiger partial charge in [0.05, 0.1) is 17.8 Å². The average molecular weight is 539 g/mol. The SMILES string of the molecule is Cc1ccc(C)c(COc2cccc(-c3c4cccc(C(F)(F)F)c4nn3Cc3ccc(Cl)cc3F)c2)c1. The van der Waals surface area contributed by atoms with Gasteiger partial charge in [0.15, 0.2) is 0 Å². The zero-order valence-electron chi connectivity index (χ0n) is 20.6. The molecule has 3 nitrogen and oxygen atoms in total. The van der Waals surface area contributed by atoms with E-state index in [0.29, 0.717) is 29.0 Å². The molecule has 194 valence electrons. The fourth-order valence-corrected chi connectivity index (χ4v) is 4.62. The van der Waals surface area contributed by atoms with Crippen molar-refractivity contribution in [2.75, 3.05) is 0 Å². The van der Waals surface area contributed by atoms with Crippen molar-refractivity contribution in [2.45, 2.75) is 33.2 Å². The lowest BCUT2D eigenvalue weighted by Gasteiger charge is -2.13. The predicted molar refractivity (Wildman–Crippen MR) is 141 cm³/mol. The Bertz CT molecular complexity index is 1640. The summed E-state index contributed by atoms with van der Waals surface area (Å²) in [5.41, 5.74) is 3.48. The minimum Gasteiger partial charge on any atom is -0.489 e. The number of hydrogen-bond donors (Lipinski definition) is 0. The Kier molecular flexibility index (Phi) is 6.88. The van der Waals surface area contributed by atoms with E-state index in [-0.39, 0.29) is 22.6 Å². The second kappa shape index (κ2) is 10.1. The van der Waals surface area contributed by atoms with Gasteiger partial charge in [-0.05, 0) is 55.3 Å². The topological polar surface area (TPSA) is 27.1 Å². The summed E-state index contributed by atoms with van der Waals surface area (Å²) < 4.78 is 63.6. The number of aryl methyl sites for hydroxylation is 2. The van der Waals surface area contributed by atoms with Gasteiger partial charge in [-0.3, -0.25) is 4.68 Å². The van der Waals surface area contributed by atoms with Crippen LogP contribution in [0.4, 0.5) is 17.6 Å². The molecule has 8 heteroatoms. The Morgan fingerprint density at radius 1 is 0.895 bits per heavy atom. The van der Waals surface area contributed by atoms with Gasteiger partial charge in [-0.15, -0.1) is 0 Å². The van der Waals surface area contributed by atoms with Crippen LogP contribution in [0.3, 0.4) is 0 Å². The van der Waals surface area contributed by atoms with Crippen molar-refractivity contribution in [3.63, 3.8) is 0 Å². The number of ether oxygens (including phenoxy) is 1. The lowest BCUT2D eigenvalue weighted by atomic mass is 10.0. The van der Waals surface area contributed by atoms with Gasteiger partial charge in [-0.1, -0.05) is 65.7 Å². The van der Waals surface area contributed by atoms with Crippen molar-refractivity contribution < 1.29 is 22.3 Å². The Hall–Kier alpha value is -3.84. The number of hydrogen-bond acceptors (Lipinski definition) is 2. The number of benzene rings is 4. The first-order valence-corrected chi connectivity index (χ1v) is 12.3. The first-order valence-electron chi connectivity index (χ1n) is 11.9. The van der Waals surface area contributed by atoms with Crippen molar-refractivity contribution in [3.8, 4) is 17.0 Å². The lowest BCUT2D eigenvalue weighted by Crippen LogP contribution is -2.07. The predicted octanol–water partition coefficient (Wildman–Crippen LogP) is 8.76. The molecule has 1 aromatic heterocycles. The van der Waals surface area contributed by atoms with Crippen molar-refractivity contribution in [1.82, 2.24) is 9.78 Å².